The first-order chi connectivity index (χ1) is 14.5. The number of likely N-dealkylation sites (tertiary alicyclic amines) is 1. The van der Waals surface area contributed by atoms with Crippen LogP contribution in [0.15, 0.2) is 0 Å². The molecule has 1 heterocycles. The highest BCUT2D eigenvalue weighted by Gasteiger charge is 2.40. The van der Waals surface area contributed by atoms with Crippen molar-refractivity contribution in [1.82, 2.24) is 15.5 Å². The van der Waals surface area contributed by atoms with Crippen LogP contribution in [0.1, 0.15) is 46.0 Å². The van der Waals surface area contributed by atoms with Gasteiger partial charge in [0.1, 0.15) is 24.2 Å². The molecule has 3 amide bonds. The van der Waals surface area contributed by atoms with Crippen LogP contribution in [0.4, 0.5) is 0 Å². The highest BCUT2D eigenvalue weighted by atomic mass is 16.4. The molecule has 1 saturated heterocycles. The minimum absolute atomic E-state index is 0.211. The van der Waals surface area contributed by atoms with Crippen LogP contribution in [0.3, 0.4) is 0 Å². The topological polar surface area (TPSA) is 208 Å². The van der Waals surface area contributed by atoms with Gasteiger partial charge >= 0.3 is 5.97 Å². The first-order valence-corrected chi connectivity index (χ1v) is 10.5. The standard InChI is InChI=1S/C19H35N5O7/c1-10(25)14(21)17(28)23-15(11(2)26)18(29)24-9-5-7-13(24)16(27)22-12(19(30)31)6-3-4-8-20/h10-15,25-26H,3-9,20-21H2,1-2H3,(H,22,27)(H,23,28)(H,30,31). The van der Waals surface area contributed by atoms with E-state index in [9.17, 15) is 34.5 Å². The molecule has 0 saturated carbocycles. The third kappa shape index (κ3) is 7.73. The number of nitrogens with zero attached hydrogens (tertiary/aromatic N) is 1. The summed E-state index contributed by atoms with van der Waals surface area (Å²) in [6.07, 6.45) is -0.267. The van der Waals surface area contributed by atoms with Crippen LogP contribution in [0.25, 0.3) is 0 Å². The molecule has 0 radical (unpaired) electrons. The molecule has 178 valence electrons. The predicted molar refractivity (Wildman–Crippen MR) is 110 cm³/mol. The molecule has 12 nitrogen and oxygen atoms in total. The Morgan fingerprint density at radius 1 is 1.10 bits per heavy atom. The van der Waals surface area contributed by atoms with E-state index < -0.39 is 60.1 Å². The molecule has 1 aliphatic rings. The van der Waals surface area contributed by atoms with Crippen LogP contribution in [-0.4, -0.2) is 93.4 Å². The Bertz CT molecular complexity index is 643. The summed E-state index contributed by atoms with van der Waals surface area (Å²) in [4.78, 5) is 50.5. The van der Waals surface area contributed by atoms with Crippen molar-refractivity contribution in [3.05, 3.63) is 0 Å². The molecule has 0 aromatic carbocycles. The Kier molecular flexibility index (Phi) is 10.8. The van der Waals surface area contributed by atoms with E-state index in [4.69, 9.17) is 11.5 Å². The smallest absolute Gasteiger partial charge is 0.326 e. The summed E-state index contributed by atoms with van der Waals surface area (Å²) in [6, 6.07) is -4.69. The van der Waals surface area contributed by atoms with E-state index in [0.717, 1.165) is 0 Å². The number of amides is 3. The van der Waals surface area contributed by atoms with Gasteiger partial charge in [0.05, 0.1) is 12.2 Å². The molecule has 1 fully saturated rings. The zero-order valence-corrected chi connectivity index (χ0v) is 18.0. The van der Waals surface area contributed by atoms with E-state index in [0.29, 0.717) is 32.2 Å². The molecule has 0 bridgehead atoms. The maximum absolute atomic E-state index is 13.0. The number of carbonyl (C=O) groups excluding carboxylic acids is 3. The number of aliphatic hydroxyl groups is 2. The molecule has 0 aliphatic carbocycles. The number of carboxylic acid groups (broad SMARTS) is 1. The van der Waals surface area contributed by atoms with Gasteiger partial charge in [-0.25, -0.2) is 4.79 Å². The molecule has 31 heavy (non-hydrogen) atoms. The van der Waals surface area contributed by atoms with Gasteiger partial charge in [-0.1, -0.05) is 0 Å². The van der Waals surface area contributed by atoms with Crippen molar-refractivity contribution in [3.8, 4) is 0 Å². The van der Waals surface area contributed by atoms with E-state index in [1.807, 2.05) is 0 Å². The third-order valence-corrected chi connectivity index (χ3v) is 5.27. The van der Waals surface area contributed by atoms with Gasteiger partial charge in [0.25, 0.3) is 0 Å². The second kappa shape index (κ2) is 12.5. The maximum Gasteiger partial charge on any atom is 0.326 e. The number of unbranched alkanes of at least 4 members (excludes halogenated alkanes) is 1. The minimum Gasteiger partial charge on any atom is -0.480 e. The Balaban J connectivity index is 2.88. The van der Waals surface area contributed by atoms with Crippen LogP contribution >= 0.6 is 0 Å². The minimum atomic E-state index is -1.37. The summed E-state index contributed by atoms with van der Waals surface area (Å²) >= 11 is 0. The average molecular weight is 446 g/mol. The van der Waals surface area contributed by atoms with Gasteiger partial charge in [0.15, 0.2) is 0 Å². The zero-order chi connectivity index (χ0) is 23.7. The number of nitrogens with two attached hydrogens (primary N) is 2. The monoisotopic (exact) mass is 445 g/mol. The SMILES string of the molecule is CC(O)C(N)C(=O)NC(C(=O)N1CCCC1C(=O)NC(CCCCN)C(=O)O)C(C)O. The van der Waals surface area contributed by atoms with Crippen molar-refractivity contribution in [2.45, 2.75) is 82.3 Å². The average Bonchev–Trinajstić information content (AvgIpc) is 3.19. The highest BCUT2D eigenvalue weighted by Crippen LogP contribution is 2.20. The van der Waals surface area contributed by atoms with Crippen LogP contribution in [-0.2, 0) is 19.2 Å². The molecule has 9 N–H and O–H groups in total. The summed E-state index contributed by atoms with van der Waals surface area (Å²) in [5.74, 6) is -3.29. The fourth-order valence-electron chi connectivity index (χ4n) is 3.36. The van der Waals surface area contributed by atoms with Gasteiger partial charge in [-0.05, 0) is 52.5 Å². The fraction of sp³-hybridized carbons (Fsp3) is 0.789. The summed E-state index contributed by atoms with van der Waals surface area (Å²) in [5.41, 5.74) is 11.0. The van der Waals surface area contributed by atoms with Crippen molar-refractivity contribution < 1.29 is 34.5 Å². The molecule has 6 atom stereocenters. The Labute approximate surface area is 181 Å². The lowest BCUT2D eigenvalue weighted by Gasteiger charge is -2.31. The van der Waals surface area contributed by atoms with Crippen LogP contribution < -0.4 is 22.1 Å². The second-order valence-electron chi connectivity index (χ2n) is 7.87. The number of nitrogens with one attached hydrogen (secondary N) is 2. The van der Waals surface area contributed by atoms with Gasteiger partial charge in [-0.3, -0.25) is 14.4 Å². The van der Waals surface area contributed by atoms with E-state index in [-0.39, 0.29) is 13.0 Å². The second-order valence-corrected chi connectivity index (χ2v) is 7.87. The Morgan fingerprint density at radius 2 is 1.74 bits per heavy atom. The Morgan fingerprint density at radius 3 is 2.26 bits per heavy atom. The van der Waals surface area contributed by atoms with Gasteiger partial charge in [-0.15, -0.1) is 0 Å². The summed E-state index contributed by atoms with van der Waals surface area (Å²) in [6.45, 7) is 3.25. The maximum atomic E-state index is 13.0. The number of carbonyl (C=O) groups is 4. The molecular weight excluding hydrogens is 410 g/mol. The summed E-state index contributed by atoms with van der Waals surface area (Å²) in [5, 5.41) is 33.6. The first-order valence-electron chi connectivity index (χ1n) is 10.5. The predicted octanol–water partition coefficient (Wildman–Crippen LogP) is -2.75. The number of carboxylic acids is 1. The molecule has 0 aromatic heterocycles. The molecule has 12 heteroatoms. The summed E-state index contributed by atoms with van der Waals surface area (Å²) in [7, 11) is 0. The van der Waals surface area contributed by atoms with Gasteiger partial charge in [0.2, 0.25) is 17.7 Å². The lowest BCUT2D eigenvalue weighted by Crippen LogP contribution is -2.60. The fourth-order valence-corrected chi connectivity index (χ4v) is 3.36. The molecular formula is C19H35N5O7. The van der Waals surface area contributed by atoms with Crippen molar-refractivity contribution in [2.24, 2.45) is 11.5 Å². The van der Waals surface area contributed by atoms with Gasteiger partial charge < -0.3 is 42.3 Å². The molecule has 6 unspecified atom stereocenters. The number of rotatable bonds is 12. The van der Waals surface area contributed by atoms with Crippen molar-refractivity contribution in [2.75, 3.05) is 13.1 Å². The number of hydrogen-bond donors (Lipinski definition) is 7. The number of hydrogen-bond acceptors (Lipinski definition) is 8. The lowest BCUT2D eigenvalue weighted by atomic mass is 10.1. The van der Waals surface area contributed by atoms with E-state index in [1.54, 1.807) is 0 Å². The van der Waals surface area contributed by atoms with Crippen LogP contribution in [0.2, 0.25) is 0 Å². The van der Waals surface area contributed by atoms with Crippen molar-refractivity contribution in [1.29, 1.82) is 0 Å². The zero-order valence-electron chi connectivity index (χ0n) is 18.0. The normalized spacial score (nSPS) is 21.0. The molecule has 0 aromatic rings. The van der Waals surface area contributed by atoms with Crippen LogP contribution in [0, 0.1) is 0 Å². The largest absolute Gasteiger partial charge is 0.480 e. The quantitative estimate of drug-likeness (QED) is 0.155. The van der Waals surface area contributed by atoms with E-state index in [1.165, 1.54) is 18.7 Å². The Hall–Kier alpha value is -2.28. The van der Waals surface area contributed by atoms with E-state index >= 15 is 0 Å². The highest BCUT2D eigenvalue weighted by molar-refractivity contribution is 5.94. The number of aliphatic hydroxyl groups excluding tert-OH is 2. The number of aliphatic carboxylic acids is 1. The summed E-state index contributed by atoms with van der Waals surface area (Å²) < 4.78 is 0. The molecule has 0 spiro atoms. The lowest BCUT2D eigenvalue weighted by molar-refractivity contribution is -0.146. The van der Waals surface area contributed by atoms with Crippen LogP contribution in [0.5, 0.6) is 0 Å². The molecule has 1 aliphatic heterocycles. The van der Waals surface area contributed by atoms with Gasteiger partial charge in [-0.2, -0.15) is 0 Å². The van der Waals surface area contributed by atoms with E-state index in [2.05, 4.69) is 10.6 Å². The first kappa shape index (κ1) is 26.8. The van der Waals surface area contributed by atoms with Crippen molar-refractivity contribution >= 4 is 23.7 Å². The van der Waals surface area contributed by atoms with Gasteiger partial charge in [0, 0.05) is 6.54 Å². The third-order valence-electron chi connectivity index (χ3n) is 5.27. The molecule has 1 rings (SSSR count). The van der Waals surface area contributed by atoms with Crippen molar-refractivity contribution in [3.63, 3.8) is 0 Å².